The number of carbonyl (C=O) groups excluding carboxylic acids is 1. The Balaban J connectivity index is 2.22. The van der Waals surface area contributed by atoms with E-state index in [4.69, 9.17) is 4.74 Å². The SMILES string of the molecule is CCNC(=O)CNCC1(O)CCOC1C. The summed E-state index contributed by atoms with van der Waals surface area (Å²) < 4.78 is 5.28. The van der Waals surface area contributed by atoms with Crippen LogP contribution in [-0.2, 0) is 9.53 Å². The number of likely N-dealkylation sites (N-methyl/N-ethyl adjacent to an activating group) is 1. The second-order valence-corrected chi connectivity index (χ2v) is 3.92. The number of hydrogen-bond donors (Lipinski definition) is 3. The molecule has 1 rings (SSSR count). The third kappa shape index (κ3) is 3.44. The molecule has 2 unspecified atom stereocenters. The molecule has 1 aliphatic rings. The largest absolute Gasteiger partial charge is 0.386 e. The zero-order valence-corrected chi connectivity index (χ0v) is 9.38. The molecule has 5 heteroatoms. The summed E-state index contributed by atoms with van der Waals surface area (Å²) in [4.78, 5) is 11.1. The van der Waals surface area contributed by atoms with E-state index in [1.807, 2.05) is 13.8 Å². The van der Waals surface area contributed by atoms with Gasteiger partial charge in [-0.3, -0.25) is 4.79 Å². The molecule has 88 valence electrons. The molecule has 0 aromatic carbocycles. The summed E-state index contributed by atoms with van der Waals surface area (Å²) in [5.41, 5.74) is -0.827. The number of rotatable bonds is 5. The van der Waals surface area contributed by atoms with Gasteiger partial charge in [0.2, 0.25) is 5.91 Å². The predicted molar refractivity (Wildman–Crippen MR) is 56.5 cm³/mol. The van der Waals surface area contributed by atoms with Crippen LogP contribution in [0.25, 0.3) is 0 Å². The van der Waals surface area contributed by atoms with Crippen molar-refractivity contribution in [3.05, 3.63) is 0 Å². The van der Waals surface area contributed by atoms with E-state index >= 15 is 0 Å². The summed E-state index contributed by atoms with van der Waals surface area (Å²) in [6, 6.07) is 0. The minimum absolute atomic E-state index is 0.0485. The van der Waals surface area contributed by atoms with E-state index in [0.717, 1.165) is 0 Å². The van der Waals surface area contributed by atoms with Gasteiger partial charge >= 0.3 is 0 Å². The van der Waals surface area contributed by atoms with Gasteiger partial charge in [-0.2, -0.15) is 0 Å². The summed E-state index contributed by atoms with van der Waals surface area (Å²) in [5, 5.41) is 15.7. The Morgan fingerprint density at radius 3 is 2.93 bits per heavy atom. The first-order chi connectivity index (χ1) is 7.08. The highest BCUT2D eigenvalue weighted by Gasteiger charge is 2.38. The van der Waals surface area contributed by atoms with E-state index < -0.39 is 5.60 Å². The average Bonchev–Trinajstić information content (AvgIpc) is 2.48. The van der Waals surface area contributed by atoms with Crippen LogP contribution in [0.3, 0.4) is 0 Å². The molecule has 0 aromatic heterocycles. The topological polar surface area (TPSA) is 70.6 Å². The van der Waals surface area contributed by atoms with Crippen molar-refractivity contribution in [1.82, 2.24) is 10.6 Å². The molecule has 1 aliphatic heterocycles. The van der Waals surface area contributed by atoms with Crippen LogP contribution in [-0.4, -0.2) is 49.0 Å². The van der Waals surface area contributed by atoms with Gasteiger partial charge in [0.05, 0.1) is 12.6 Å². The molecule has 0 spiro atoms. The van der Waals surface area contributed by atoms with Gasteiger partial charge in [0.25, 0.3) is 0 Å². The first kappa shape index (κ1) is 12.4. The van der Waals surface area contributed by atoms with Crippen molar-refractivity contribution in [2.75, 3.05) is 26.2 Å². The molecule has 1 fully saturated rings. The van der Waals surface area contributed by atoms with Crippen LogP contribution in [0.15, 0.2) is 0 Å². The fraction of sp³-hybridized carbons (Fsp3) is 0.900. The normalized spacial score (nSPS) is 30.5. The fourth-order valence-corrected chi connectivity index (χ4v) is 1.66. The monoisotopic (exact) mass is 216 g/mol. The molecular weight excluding hydrogens is 196 g/mol. The van der Waals surface area contributed by atoms with Crippen LogP contribution < -0.4 is 10.6 Å². The van der Waals surface area contributed by atoms with Gasteiger partial charge in [0.15, 0.2) is 0 Å². The van der Waals surface area contributed by atoms with E-state index in [2.05, 4.69) is 10.6 Å². The van der Waals surface area contributed by atoms with Crippen LogP contribution in [0.4, 0.5) is 0 Å². The Kier molecular flexibility index (Phi) is 4.50. The van der Waals surface area contributed by atoms with Crippen molar-refractivity contribution >= 4 is 5.91 Å². The summed E-state index contributed by atoms with van der Waals surface area (Å²) in [6.07, 6.45) is 0.454. The van der Waals surface area contributed by atoms with Crippen molar-refractivity contribution in [2.45, 2.75) is 32.0 Å². The van der Waals surface area contributed by atoms with Gasteiger partial charge in [-0.15, -0.1) is 0 Å². The maximum atomic E-state index is 11.1. The predicted octanol–water partition coefficient (Wildman–Crippen LogP) is -0.748. The maximum absolute atomic E-state index is 11.1. The number of nitrogens with one attached hydrogen (secondary N) is 2. The number of amides is 1. The van der Waals surface area contributed by atoms with Crippen molar-refractivity contribution < 1.29 is 14.6 Å². The molecule has 15 heavy (non-hydrogen) atoms. The molecule has 0 saturated carbocycles. The van der Waals surface area contributed by atoms with E-state index in [9.17, 15) is 9.90 Å². The highest BCUT2D eigenvalue weighted by atomic mass is 16.5. The first-order valence-corrected chi connectivity index (χ1v) is 5.40. The van der Waals surface area contributed by atoms with Gasteiger partial charge in [-0.1, -0.05) is 0 Å². The Bertz CT molecular complexity index is 223. The summed E-state index contributed by atoms with van der Waals surface area (Å²) in [5.74, 6) is -0.0485. The molecule has 1 amide bonds. The smallest absolute Gasteiger partial charge is 0.233 e. The van der Waals surface area contributed by atoms with Gasteiger partial charge in [0, 0.05) is 26.1 Å². The van der Waals surface area contributed by atoms with Crippen molar-refractivity contribution in [3.63, 3.8) is 0 Å². The minimum atomic E-state index is -0.827. The molecule has 2 atom stereocenters. The van der Waals surface area contributed by atoms with E-state index in [1.54, 1.807) is 0 Å². The lowest BCUT2D eigenvalue weighted by molar-refractivity contribution is -0.120. The molecule has 0 aliphatic carbocycles. The third-order valence-electron chi connectivity index (χ3n) is 2.75. The fourth-order valence-electron chi connectivity index (χ4n) is 1.66. The average molecular weight is 216 g/mol. The third-order valence-corrected chi connectivity index (χ3v) is 2.75. The van der Waals surface area contributed by atoms with E-state index in [0.29, 0.717) is 26.1 Å². The standard InChI is InChI=1S/C10H20N2O3/c1-3-12-9(13)6-11-7-10(14)4-5-15-8(10)2/h8,11,14H,3-7H2,1-2H3,(H,12,13). The molecule has 5 nitrogen and oxygen atoms in total. The zero-order valence-electron chi connectivity index (χ0n) is 9.38. The lowest BCUT2D eigenvalue weighted by Crippen LogP contribution is -2.48. The van der Waals surface area contributed by atoms with Crippen LogP contribution in [0.5, 0.6) is 0 Å². The number of ether oxygens (including phenoxy) is 1. The van der Waals surface area contributed by atoms with E-state index in [1.165, 1.54) is 0 Å². The number of hydrogen-bond acceptors (Lipinski definition) is 4. The minimum Gasteiger partial charge on any atom is -0.386 e. The molecule has 0 bridgehead atoms. The van der Waals surface area contributed by atoms with Gasteiger partial charge < -0.3 is 20.5 Å². The van der Waals surface area contributed by atoms with Crippen LogP contribution in [0, 0.1) is 0 Å². The zero-order chi connectivity index (χ0) is 11.3. The van der Waals surface area contributed by atoms with Gasteiger partial charge in [0.1, 0.15) is 5.60 Å². The molecule has 0 aromatic rings. The second-order valence-electron chi connectivity index (χ2n) is 3.92. The quantitative estimate of drug-likeness (QED) is 0.565. The van der Waals surface area contributed by atoms with Crippen LogP contribution >= 0.6 is 0 Å². The van der Waals surface area contributed by atoms with Crippen molar-refractivity contribution in [2.24, 2.45) is 0 Å². The molecule has 3 N–H and O–H groups in total. The summed E-state index contributed by atoms with van der Waals surface area (Å²) >= 11 is 0. The highest BCUT2D eigenvalue weighted by molar-refractivity contribution is 5.77. The summed E-state index contributed by atoms with van der Waals surface area (Å²) in [7, 11) is 0. The highest BCUT2D eigenvalue weighted by Crippen LogP contribution is 2.24. The lowest BCUT2D eigenvalue weighted by Gasteiger charge is -2.26. The molecule has 1 saturated heterocycles. The number of carbonyl (C=O) groups is 1. The van der Waals surface area contributed by atoms with Crippen LogP contribution in [0.1, 0.15) is 20.3 Å². The maximum Gasteiger partial charge on any atom is 0.233 e. The molecule has 1 heterocycles. The number of aliphatic hydroxyl groups is 1. The molecule has 0 radical (unpaired) electrons. The van der Waals surface area contributed by atoms with Crippen molar-refractivity contribution in [1.29, 1.82) is 0 Å². The van der Waals surface area contributed by atoms with E-state index in [-0.39, 0.29) is 18.6 Å². The lowest BCUT2D eigenvalue weighted by atomic mass is 9.97. The Morgan fingerprint density at radius 2 is 2.40 bits per heavy atom. The Hall–Kier alpha value is -0.650. The molecular formula is C10H20N2O3. The van der Waals surface area contributed by atoms with Gasteiger partial charge in [-0.05, 0) is 13.8 Å². The van der Waals surface area contributed by atoms with Gasteiger partial charge in [-0.25, -0.2) is 0 Å². The van der Waals surface area contributed by atoms with Crippen LogP contribution in [0.2, 0.25) is 0 Å². The van der Waals surface area contributed by atoms with Crippen molar-refractivity contribution in [3.8, 4) is 0 Å². The Morgan fingerprint density at radius 1 is 1.67 bits per heavy atom. The summed E-state index contributed by atoms with van der Waals surface area (Å²) in [6.45, 7) is 5.57. The first-order valence-electron chi connectivity index (χ1n) is 5.40. The Labute approximate surface area is 90.2 Å². The second kappa shape index (κ2) is 5.44.